The fraction of sp³-hybridized carbons (Fsp3) is 1.00. The predicted octanol–water partition coefficient (Wildman–Crippen LogP) is 0.161. The first-order chi connectivity index (χ1) is 7.49. The zero-order chi connectivity index (χ0) is 12.2. The molecule has 0 amide bonds. The lowest BCUT2D eigenvalue weighted by Gasteiger charge is -2.30. The Bertz CT molecular complexity index is 301. The van der Waals surface area contributed by atoms with E-state index in [1.807, 2.05) is 13.8 Å². The summed E-state index contributed by atoms with van der Waals surface area (Å²) in [7, 11) is -3.30. The van der Waals surface area contributed by atoms with Gasteiger partial charge in [-0.05, 0) is 18.9 Å². The van der Waals surface area contributed by atoms with E-state index in [4.69, 9.17) is 0 Å². The van der Waals surface area contributed by atoms with E-state index in [2.05, 4.69) is 17.0 Å². The third-order valence-electron chi connectivity index (χ3n) is 2.93. The Labute approximate surface area is 98.8 Å². The molecule has 1 rings (SSSR count). The summed E-state index contributed by atoms with van der Waals surface area (Å²) in [5.74, 6) is 0.526. The molecule has 96 valence electrons. The van der Waals surface area contributed by atoms with E-state index in [1.165, 1.54) is 4.31 Å². The lowest BCUT2D eigenvalue weighted by Crippen LogP contribution is -2.52. The summed E-state index contributed by atoms with van der Waals surface area (Å²) in [4.78, 5) is 0. The highest BCUT2D eigenvalue weighted by Gasteiger charge is 2.26. The molecule has 6 heteroatoms. The second kappa shape index (κ2) is 5.95. The second-order valence-electron chi connectivity index (χ2n) is 4.40. The normalized spacial score (nSPS) is 27.2. The van der Waals surface area contributed by atoms with Crippen molar-refractivity contribution < 1.29 is 8.42 Å². The summed E-state index contributed by atoms with van der Waals surface area (Å²) in [5.41, 5.74) is 0. The molecule has 0 aromatic carbocycles. The number of hydrogen-bond acceptors (Lipinski definition) is 3. The summed E-state index contributed by atoms with van der Waals surface area (Å²) >= 11 is 0. The van der Waals surface area contributed by atoms with Gasteiger partial charge in [0.25, 0.3) is 10.2 Å². The minimum Gasteiger partial charge on any atom is -0.315 e. The van der Waals surface area contributed by atoms with Crippen LogP contribution in [0.1, 0.15) is 27.2 Å². The van der Waals surface area contributed by atoms with Gasteiger partial charge in [0.1, 0.15) is 0 Å². The first kappa shape index (κ1) is 13.9. The van der Waals surface area contributed by atoms with Crippen LogP contribution in [0.5, 0.6) is 0 Å². The predicted molar refractivity (Wildman–Crippen MR) is 65.4 cm³/mol. The molecule has 2 atom stereocenters. The highest BCUT2D eigenvalue weighted by molar-refractivity contribution is 7.87. The van der Waals surface area contributed by atoms with Crippen molar-refractivity contribution in [2.45, 2.75) is 33.2 Å². The van der Waals surface area contributed by atoms with E-state index in [1.54, 1.807) is 0 Å². The van der Waals surface area contributed by atoms with Crippen LogP contribution in [-0.4, -0.2) is 44.9 Å². The molecule has 0 aromatic heterocycles. The minimum atomic E-state index is -3.30. The maximum atomic E-state index is 12.0. The van der Waals surface area contributed by atoms with Crippen molar-refractivity contribution in [1.29, 1.82) is 0 Å². The molecule has 1 fully saturated rings. The summed E-state index contributed by atoms with van der Waals surface area (Å²) in [6, 6.07) is 0.0225. The highest BCUT2D eigenvalue weighted by Crippen LogP contribution is 2.11. The van der Waals surface area contributed by atoms with Gasteiger partial charge in [0.2, 0.25) is 0 Å². The van der Waals surface area contributed by atoms with Crippen molar-refractivity contribution in [1.82, 2.24) is 14.3 Å². The van der Waals surface area contributed by atoms with Gasteiger partial charge in [-0.15, -0.1) is 0 Å². The van der Waals surface area contributed by atoms with Gasteiger partial charge in [-0.3, -0.25) is 0 Å². The quantitative estimate of drug-likeness (QED) is 0.730. The number of nitrogens with one attached hydrogen (secondary N) is 2. The van der Waals surface area contributed by atoms with E-state index in [-0.39, 0.29) is 6.04 Å². The van der Waals surface area contributed by atoms with Crippen molar-refractivity contribution in [2.24, 2.45) is 5.92 Å². The largest absolute Gasteiger partial charge is 0.315 e. The van der Waals surface area contributed by atoms with Gasteiger partial charge < -0.3 is 5.32 Å². The third-order valence-corrected chi connectivity index (χ3v) is 4.76. The second-order valence-corrected chi connectivity index (χ2v) is 6.11. The zero-order valence-corrected chi connectivity index (χ0v) is 11.2. The molecule has 0 aliphatic carbocycles. The van der Waals surface area contributed by atoms with Gasteiger partial charge in [-0.2, -0.15) is 17.4 Å². The number of nitrogens with zero attached hydrogens (tertiary/aromatic N) is 1. The maximum Gasteiger partial charge on any atom is 0.279 e. The molecule has 2 N–H and O–H groups in total. The van der Waals surface area contributed by atoms with E-state index < -0.39 is 10.2 Å². The van der Waals surface area contributed by atoms with Crippen LogP contribution >= 0.6 is 0 Å². The molecular weight excluding hydrogens is 226 g/mol. The first-order valence-electron chi connectivity index (χ1n) is 5.97. The Balaban J connectivity index is 2.57. The third kappa shape index (κ3) is 3.69. The maximum absolute atomic E-state index is 12.0. The van der Waals surface area contributed by atoms with Gasteiger partial charge in [0.05, 0.1) is 0 Å². The summed E-state index contributed by atoms with van der Waals surface area (Å²) < 4.78 is 28.1. The molecule has 1 heterocycles. The molecule has 0 radical (unpaired) electrons. The SMILES string of the molecule is CCN(CC)S(=O)(=O)NC1CNCC(C)C1. The molecule has 0 saturated carbocycles. The van der Waals surface area contributed by atoms with Crippen molar-refractivity contribution in [2.75, 3.05) is 26.2 Å². The molecule has 1 aliphatic rings. The highest BCUT2D eigenvalue weighted by atomic mass is 32.2. The molecule has 2 unspecified atom stereocenters. The number of piperidine rings is 1. The van der Waals surface area contributed by atoms with E-state index in [0.29, 0.717) is 19.0 Å². The smallest absolute Gasteiger partial charge is 0.279 e. The summed E-state index contributed by atoms with van der Waals surface area (Å²) in [6.45, 7) is 8.57. The Morgan fingerprint density at radius 3 is 2.44 bits per heavy atom. The zero-order valence-electron chi connectivity index (χ0n) is 10.4. The van der Waals surface area contributed by atoms with Gasteiger partial charge in [0.15, 0.2) is 0 Å². The van der Waals surface area contributed by atoms with Gasteiger partial charge in [-0.1, -0.05) is 20.8 Å². The van der Waals surface area contributed by atoms with Gasteiger partial charge in [-0.25, -0.2) is 0 Å². The van der Waals surface area contributed by atoms with Crippen molar-refractivity contribution in [3.8, 4) is 0 Å². The summed E-state index contributed by atoms with van der Waals surface area (Å²) in [5, 5.41) is 3.24. The van der Waals surface area contributed by atoms with E-state index in [9.17, 15) is 8.42 Å². The molecule has 16 heavy (non-hydrogen) atoms. The molecule has 1 aliphatic heterocycles. The monoisotopic (exact) mass is 249 g/mol. The number of hydrogen-bond donors (Lipinski definition) is 2. The average molecular weight is 249 g/mol. The van der Waals surface area contributed by atoms with Crippen LogP contribution in [0.2, 0.25) is 0 Å². The topological polar surface area (TPSA) is 61.4 Å². The van der Waals surface area contributed by atoms with Crippen LogP contribution < -0.4 is 10.0 Å². The van der Waals surface area contributed by atoms with E-state index >= 15 is 0 Å². The van der Waals surface area contributed by atoms with Crippen molar-refractivity contribution in [3.63, 3.8) is 0 Å². The molecule has 0 bridgehead atoms. The van der Waals surface area contributed by atoms with Crippen molar-refractivity contribution >= 4 is 10.2 Å². The molecule has 5 nitrogen and oxygen atoms in total. The van der Waals surface area contributed by atoms with E-state index in [0.717, 1.165) is 19.5 Å². The molecule has 0 aromatic rings. The standard InChI is InChI=1S/C10H23N3O2S/c1-4-13(5-2)16(14,15)12-10-6-9(3)7-11-8-10/h9-12H,4-8H2,1-3H3. The van der Waals surface area contributed by atoms with Crippen LogP contribution in [-0.2, 0) is 10.2 Å². The van der Waals surface area contributed by atoms with Crippen LogP contribution in [0.15, 0.2) is 0 Å². The Morgan fingerprint density at radius 1 is 1.31 bits per heavy atom. The molecule has 1 saturated heterocycles. The van der Waals surface area contributed by atoms with Crippen molar-refractivity contribution in [3.05, 3.63) is 0 Å². The lowest BCUT2D eigenvalue weighted by molar-refractivity contribution is 0.336. The fourth-order valence-electron chi connectivity index (χ4n) is 2.09. The Kier molecular flexibility index (Phi) is 5.17. The van der Waals surface area contributed by atoms with Gasteiger partial charge in [0, 0.05) is 25.7 Å². The van der Waals surface area contributed by atoms with Crippen LogP contribution in [0.4, 0.5) is 0 Å². The fourth-order valence-corrected chi connectivity index (χ4v) is 3.52. The number of rotatable bonds is 5. The van der Waals surface area contributed by atoms with Crippen LogP contribution in [0.3, 0.4) is 0 Å². The van der Waals surface area contributed by atoms with Crippen LogP contribution in [0, 0.1) is 5.92 Å². The first-order valence-corrected chi connectivity index (χ1v) is 7.41. The minimum absolute atomic E-state index is 0.0225. The molecular formula is C10H23N3O2S. The molecule has 0 spiro atoms. The lowest BCUT2D eigenvalue weighted by atomic mass is 9.99. The Morgan fingerprint density at radius 2 is 1.94 bits per heavy atom. The average Bonchev–Trinajstić information content (AvgIpc) is 2.18. The summed E-state index contributed by atoms with van der Waals surface area (Å²) in [6.07, 6.45) is 0.910. The Hall–Kier alpha value is -0.170. The van der Waals surface area contributed by atoms with Crippen LogP contribution in [0.25, 0.3) is 0 Å². The van der Waals surface area contributed by atoms with Gasteiger partial charge >= 0.3 is 0 Å².